The van der Waals surface area contributed by atoms with E-state index in [-0.39, 0.29) is 18.9 Å². The van der Waals surface area contributed by atoms with Crippen molar-refractivity contribution < 1.29 is 24.2 Å². The Bertz CT molecular complexity index is 490. The van der Waals surface area contributed by atoms with Crippen molar-refractivity contribution in [2.75, 3.05) is 19.7 Å². The zero-order valence-corrected chi connectivity index (χ0v) is 11.9. The Labute approximate surface area is 123 Å². The maximum Gasteiger partial charge on any atom is 0.306 e. The van der Waals surface area contributed by atoms with Gasteiger partial charge in [0.1, 0.15) is 5.75 Å². The van der Waals surface area contributed by atoms with Crippen LogP contribution in [0.2, 0.25) is 0 Å². The predicted octanol–water partition coefficient (Wildman–Crippen LogP) is 1.16. The summed E-state index contributed by atoms with van der Waals surface area (Å²) in [6.45, 7) is 2.78. The van der Waals surface area contributed by atoms with Crippen molar-refractivity contribution in [3.05, 3.63) is 30.3 Å². The molecule has 1 aromatic rings. The molecule has 1 aliphatic heterocycles. The smallest absolute Gasteiger partial charge is 0.306 e. The van der Waals surface area contributed by atoms with Gasteiger partial charge in [0.2, 0.25) is 0 Å². The molecule has 1 fully saturated rings. The Balaban J connectivity index is 1.91. The highest BCUT2D eigenvalue weighted by Gasteiger charge is 2.29. The summed E-state index contributed by atoms with van der Waals surface area (Å²) in [7, 11) is 0. The summed E-state index contributed by atoms with van der Waals surface area (Å²) < 4.78 is 10.9. The van der Waals surface area contributed by atoms with Crippen molar-refractivity contribution in [2.24, 2.45) is 0 Å². The molecule has 0 spiro atoms. The number of amides is 1. The topological polar surface area (TPSA) is 76.1 Å². The first kappa shape index (κ1) is 15.3. The number of nitrogens with zero attached hydrogens (tertiary/aromatic N) is 1. The van der Waals surface area contributed by atoms with Gasteiger partial charge in [-0.2, -0.15) is 0 Å². The van der Waals surface area contributed by atoms with Crippen LogP contribution in [0.3, 0.4) is 0 Å². The highest BCUT2D eigenvalue weighted by molar-refractivity contribution is 5.81. The van der Waals surface area contributed by atoms with Gasteiger partial charge in [-0.15, -0.1) is 0 Å². The second-order valence-corrected chi connectivity index (χ2v) is 4.95. The van der Waals surface area contributed by atoms with Crippen LogP contribution >= 0.6 is 0 Å². The maximum absolute atomic E-state index is 12.3. The number of carboxylic acid groups (broad SMARTS) is 1. The molecule has 21 heavy (non-hydrogen) atoms. The fraction of sp³-hybridized carbons (Fsp3) is 0.467. The first-order valence-corrected chi connectivity index (χ1v) is 6.90. The number of aliphatic carboxylic acids is 1. The van der Waals surface area contributed by atoms with E-state index in [0.717, 1.165) is 0 Å². The third-order valence-corrected chi connectivity index (χ3v) is 3.26. The minimum atomic E-state index is -0.928. The Hall–Kier alpha value is -2.08. The van der Waals surface area contributed by atoms with Crippen LogP contribution in [-0.2, 0) is 14.3 Å². The maximum atomic E-state index is 12.3. The SMILES string of the molecule is C[C@H](Oc1ccccc1)C(=O)N1CCO[C@H](CC(=O)O)C1. The van der Waals surface area contributed by atoms with Gasteiger partial charge in [-0.25, -0.2) is 0 Å². The summed E-state index contributed by atoms with van der Waals surface area (Å²) >= 11 is 0. The zero-order chi connectivity index (χ0) is 15.2. The van der Waals surface area contributed by atoms with Crippen LogP contribution in [0.15, 0.2) is 30.3 Å². The van der Waals surface area contributed by atoms with Gasteiger partial charge in [-0.05, 0) is 19.1 Å². The molecule has 114 valence electrons. The van der Waals surface area contributed by atoms with Gasteiger partial charge in [0.05, 0.1) is 19.1 Å². The van der Waals surface area contributed by atoms with Crippen molar-refractivity contribution >= 4 is 11.9 Å². The van der Waals surface area contributed by atoms with E-state index in [9.17, 15) is 9.59 Å². The molecule has 0 unspecified atom stereocenters. The summed E-state index contributed by atoms with van der Waals surface area (Å²) in [5.74, 6) is -0.450. The lowest BCUT2D eigenvalue weighted by molar-refractivity contribution is -0.151. The molecule has 6 nitrogen and oxygen atoms in total. The number of morpholine rings is 1. The number of carbonyl (C=O) groups is 2. The first-order valence-electron chi connectivity index (χ1n) is 6.90. The molecule has 6 heteroatoms. The number of rotatable bonds is 5. The van der Waals surface area contributed by atoms with Gasteiger partial charge in [-0.1, -0.05) is 18.2 Å². The molecule has 1 saturated heterocycles. The fourth-order valence-corrected chi connectivity index (χ4v) is 2.25. The average molecular weight is 293 g/mol. The van der Waals surface area contributed by atoms with Gasteiger partial charge in [-0.3, -0.25) is 9.59 Å². The van der Waals surface area contributed by atoms with Crippen molar-refractivity contribution in [2.45, 2.75) is 25.6 Å². The third kappa shape index (κ3) is 4.46. The Morgan fingerprint density at radius 3 is 2.81 bits per heavy atom. The standard InChI is InChI=1S/C15H19NO5/c1-11(21-12-5-3-2-4-6-12)15(19)16-7-8-20-13(10-16)9-14(17)18/h2-6,11,13H,7-10H2,1H3,(H,17,18)/t11-,13+/m0/s1. The summed E-state index contributed by atoms with van der Waals surface area (Å²) in [6.07, 6.45) is -1.17. The van der Waals surface area contributed by atoms with Crippen LogP contribution in [0.4, 0.5) is 0 Å². The largest absolute Gasteiger partial charge is 0.481 e. The number of benzene rings is 1. The summed E-state index contributed by atoms with van der Waals surface area (Å²) in [4.78, 5) is 24.6. The van der Waals surface area contributed by atoms with Crippen LogP contribution < -0.4 is 4.74 Å². The van der Waals surface area contributed by atoms with Crippen molar-refractivity contribution in [1.82, 2.24) is 4.90 Å². The van der Waals surface area contributed by atoms with Crippen LogP contribution in [0.1, 0.15) is 13.3 Å². The third-order valence-electron chi connectivity index (χ3n) is 3.26. The van der Waals surface area contributed by atoms with E-state index in [1.54, 1.807) is 24.0 Å². The predicted molar refractivity (Wildman–Crippen MR) is 75.1 cm³/mol. The molecular weight excluding hydrogens is 274 g/mol. The molecule has 0 aliphatic carbocycles. The van der Waals surface area contributed by atoms with Gasteiger partial charge < -0.3 is 19.5 Å². The number of hydrogen-bond acceptors (Lipinski definition) is 4. The number of carbonyl (C=O) groups excluding carboxylic acids is 1. The van der Waals surface area contributed by atoms with E-state index in [1.165, 1.54) is 0 Å². The van der Waals surface area contributed by atoms with Crippen LogP contribution in [0.5, 0.6) is 5.75 Å². The number of ether oxygens (including phenoxy) is 2. The Morgan fingerprint density at radius 1 is 1.43 bits per heavy atom. The lowest BCUT2D eigenvalue weighted by Gasteiger charge is -2.33. The van der Waals surface area contributed by atoms with Crippen molar-refractivity contribution in [1.29, 1.82) is 0 Å². The molecule has 1 aliphatic rings. The Kier molecular flexibility index (Phi) is 5.16. The van der Waals surface area contributed by atoms with Gasteiger partial charge in [0.15, 0.2) is 6.10 Å². The molecule has 1 heterocycles. The minimum Gasteiger partial charge on any atom is -0.481 e. The molecule has 0 bridgehead atoms. The molecule has 0 radical (unpaired) electrons. The van der Waals surface area contributed by atoms with E-state index in [4.69, 9.17) is 14.6 Å². The number of hydrogen-bond donors (Lipinski definition) is 1. The molecule has 1 aromatic carbocycles. The molecular formula is C15H19NO5. The highest BCUT2D eigenvalue weighted by Crippen LogP contribution is 2.14. The van der Waals surface area contributed by atoms with E-state index in [1.807, 2.05) is 18.2 Å². The molecule has 0 saturated carbocycles. The van der Waals surface area contributed by atoms with E-state index in [2.05, 4.69) is 0 Å². The molecule has 0 aromatic heterocycles. The summed E-state index contributed by atoms with van der Waals surface area (Å²) in [6, 6.07) is 9.12. The average Bonchev–Trinajstić information content (AvgIpc) is 2.47. The van der Waals surface area contributed by atoms with Gasteiger partial charge in [0.25, 0.3) is 5.91 Å². The van der Waals surface area contributed by atoms with E-state index >= 15 is 0 Å². The molecule has 2 atom stereocenters. The number of carboxylic acids is 1. The Morgan fingerprint density at radius 2 is 2.14 bits per heavy atom. The minimum absolute atomic E-state index is 0.0995. The molecule has 1 amide bonds. The summed E-state index contributed by atoms with van der Waals surface area (Å²) in [5.41, 5.74) is 0. The summed E-state index contributed by atoms with van der Waals surface area (Å²) in [5, 5.41) is 8.79. The zero-order valence-electron chi connectivity index (χ0n) is 11.9. The van der Waals surface area contributed by atoms with E-state index in [0.29, 0.717) is 18.9 Å². The quantitative estimate of drug-likeness (QED) is 0.881. The van der Waals surface area contributed by atoms with E-state index < -0.39 is 18.2 Å². The lowest BCUT2D eigenvalue weighted by atomic mass is 10.2. The number of para-hydroxylation sites is 1. The fourth-order valence-electron chi connectivity index (χ4n) is 2.25. The second kappa shape index (κ2) is 7.08. The monoisotopic (exact) mass is 293 g/mol. The van der Waals surface area contributed by atoms with Crippen molar-refractivity contribution in [3.8, 4) is 5.75 Å². The normalized spacial score (nSPS) is 19.9. The molecule has 2 rings (SSSR count). The van der Waals surface area contributed by atoms with Gasteiger partial charge in [0, 0.05) is 13.1 Å². The van der Waals surface area contributed by atoms with Gasteiger partial charge >= 0.3 is 5.97 Å². The second-order valence-electron chi connectivity index (χ2n) is 4.95. The lowest BCUT2D eigenvalue weighted by Crippen LogP contribution is -2.50. The molecule has 1 N–H and O–H groups in total. The van der Waals surface area contributed by atoms with Crippen LogP contribution in [0, 0.1) is 0 Å². The van der Waals surface area contributed by atoms with Crippen LogP contribution in [-0.4, -0.2) is 53.8 Å². The van der Waals surface area contributed by atoms with Crippen molar-refractivity contribution in [3.63, 3.8) is 0 Å². The first-order chi connectivity index (χ1) is 10.1. The van der Waals surface area contributed by atoms with Crippen LogP contribution in [0.25, 0.3) is 0 Å². The highest BCUT2D eigenvalue weighted by atomic mass is 16.5.